The molecule has 7 heteroatoms. The third kappa shape index (κ3) is 2.66. The summed E-state index contributed by atoms with van der Waals surface area (Å²) in [6, 6.07) is 0. The third-order valence-electron chi connectivity index (χ3n) is 1.86. The number of nitro groups is 1. The van der Waals surface area contributed by atoms with Gasteiger partial charge in [0.1, 0.15) is 6.20 Å². The SMILES string of the molecule is CN(C)C(=O)C=Cc1nn(C)cc1[N+](=O)[O-]. The number of hydrogen-bond acceptors (Lipinski definition) is 4. The molecule has 16 heavy (non-hydrogen) atoms. The van der Waals surface area contributed by atoms with Crippen LogP contribution < -0.4 is 0 Å². The van der Waals surface area contributed by atoms with Gasteiger partial charge in [0.2, 0.25) is 5.91 Å². The summed E-state index contributed by atoms with van der Waals surface area (Å²) in [6.07, 6.45) is 3.87. The smallest absolute Gasteiger partial charge is 0.314 e. The Labute approximate surface area is 92.1 Å². The molecule has 1 rings (SSSR count). The van der Waals surface area contributed by atoms with Gasteiger partial charge in [-0.3, -0.25) is 19.6 Å². The van der Waals surface area contributed by atoms with Gasteiger partial charge in [0.05, 0.1) is 4.92 Å². The fraction of sp³-hybridized carbons (Fsp3) is 0.333. The molecule has 0 aliphatic heterocycles. The van der Waals surface area contributed by atoms with Crippen LogP contribution in [0.1, 0.15) is 5.69 Å². The maximum Gasteiger partial charge on any atom is 0.314 e. The van der Waals surface area contributed by atoms with E-state index in [-0.39, 0.29) is 17.3 Å². The number of carbonyl (C=O) groups excluding carboxylic acids is 1. The molecular weight excluding hydrogens is 212 g/mol. The Hall–Kier alpha value is -2.18. The van der Waals surface area contributed by atoms with E-state index in [1.54, 1.807) is 21.1 Å². The van der Waals surface area contributed by atoms with Crippen molar-refractivity contribution in [1.29, 1.82) is 0 Å². The van der Waals surface area contributed by atoms with E-state index in [0.717, 1.165) is 0 Å². The zero-order valence-corrected chi connectivity index (χ0v) is 9.25. The molecule has 1 amide bonds. The molecule has 0 fully saturated rings. The van der Waals surface area contributed by atoms with E-state index in [1.165, 1.54) is 27.9 Å². The van der Waals surface area contributed by atoms with E-state index < -0.39 is 4.92 Å². The lowest BCUT2D eigenvalue weighted by atomic mass is 10.3. The zero-order chi connectivity index (χ0) is 12.3. The lowest BCUT2D eigenvalue weighted by Gasteiger charge is -2.04. The van der Waals surface area contributed by atoms with E-state index in [9.17, 15) is 14.9 Å². The van der Waals surface area contributed by atoms with Crippen molar-refractivity contribution in [3.05, 3.63) is 28.1 Å². The number of aromatic nitrogens is 2. The first-order chi connectivity index (χ1) is 7.41. The van der Waals surface area contributed by atoms with Crippen molar-refractivity contribution in [2.75, 3.05) is 14.1 Å². The maximum absolute atomic E-state index is 11.2. The van der Waals surface area contributed by atoms with Crippen LogP contribution >= 0.6 is 0 Å². The molecule has 0 aliphatic rings. The van der Waals surface area contributed by atoms with E-state index in [2.05, 4.69) is 5.10 Å². The highest BCUT2D eigenvalue weighted by molar-refractivity contribution is 5.91. The van der Waals surface area contributed by atoms with Gasteiger partial charge < -0.3 is 4.90 Å². The minimum absolute atomic E-state index is 0.120. The second-order valence-electron chi connectivity index (χ2n) is 3.40. The molecule has 0 radical (unpaired) electrons. The molecule has 0 N–H and O–H groups in total. The van der Waals surface area contributed by atoms with Crippen LogP contribution in [0.25, 0.3) is 6.08 Å². The van der Waals surface area contributed by atoms with Crippen LogP contribution in [-0.4, -0.2) is 39.6 Å². The normalized spacial score (nSPS) is 10.7. The second-order valence-corrected chi connectivity index (χ2v) is 3.40. The topological polar surface area (TPSA) is 81.3 Å². The van der Waals surface area contributed by atoms with E-state index in [1.807, 2.05) is 0 Å². The van der Waals surface area contributed by atoms with Crippen LogP contribution in [0.5, 0.6) is 0 Å². The monoisotopic (exact) mass is 224 g/mol. The van der Waals surface area contributed by atoms with Crippen molar-refractivity contribution in [3.8, 4) is 0 Å². The summed E-state index contributed by atoms with van der Waals surface area (Å²) in [7, 11) is 4.77. The summed E-state index contributed by atoms with van der Waals surface area (Å²) < 4.78 is 1.33. The maximum atomic E-state index is 11.2. The van der Waals surface area contributed by atoms with Gasteiger partial charge >= 0.3 is 5.69 Å². The first-order valence-corrected chi connectivity index (χ1v) is 4.49. The van der Waals surface area contributed by atoms with Crippen LogP contribution in [0.3, 0.4) is 0 Å². The molecule has 0 bridgehead atoms. The highest BCUT2D eigenvalue weighted by atomic mass is 16.6. The molecule has 1 heterocycles. The fourth-order valence-corrected chi connectivity index (χ4v) is 1.05. The van der Waals surface area contributed by atoms with Gasteiger partial charge in [0.25, 0.3) is 0 Å². The van der Waals surface area contributed by atoms with Gasteiger partial charge in [-0.05, 0) is 6.08 Å². The molecule has 7 nitrogen and oxygen atoms in total. The Bertz CT molecular complexity index is 448. The summed E-state index contributed by atoms with van der Waals surface area (Å²) in [5.41, 5.74) is 0.0491. The molecule has 0 atom stereocenters. The van der Waals surface area contributed by atoms with Crippen LogP contribution in [0.4, 0.5) is 5.69 Å². The Kier molecular flexibility index (Phi) is 3.39. The molecule has 1 aromatic heterocycles. The van der Waals surface area contributed by atoms with Crippen LogP contribution in [0, 0.1) is 10.1 Å². The molecule has 0 aromatic carbocycles. The molecule has 0 unspecified atom stereocenters. The van der Waals surface area contributed by atoms with Crippen LogP contribution in [0.2, 0.25) is 0 Å². The predicted molar refractivity (Wildman–Crippen MR) is 57.6 cm³/mol. The standard InChI is InChI=1S/C9H12N4O3/c1-11(2)9(14)5-4-7-8(13(15)16)6-12(3)10-7/h4-6H,1-3H3. The lowest BCUT2D eigenvalue weighted by molar-refractivity contribution is -0.385. The van der Waals surface area contributed by atoms with Crippen LogP contribution in [0.15, 0.2) is 12.3 Å². The van der Waals surface area contributed by atoms with Gasteiger partial charge in [-0.25, -0.2) is 0 Å². The van der Waals surface area contributed by atoms with Crippen molar-refractivity contribution in [2.24, 2.45) is 7.05 Å². The average molecular weight is 224 g/mol. The highest BCUT2D eigenvalue weighted by Crippen LogP contribution is 2.17. The molecule has 1 aromatic rings. The van der Waals surface area contributed by atoms with E-state index in [4.69, 9.17) is 0 Å². The molecular formula is C9H12N4O3. The summed E-state index contributed by atoms with van der Waals surface area (Å²) in [5.74, 6) is -0.250. The molecule has 0 saturated heterocycles. The minimum Gasteiger partial charge on any atom is -0.345 e. The first-order valence-electron chi connectivity index (χ1n) is 4.49. The second kappa shape index (κ2) is 4.56. The number of likely N-dealkylation sites (N-methyl/N-ethyl adjacent to an activating group) is 1. The van der Waals surface area contributed by atoms with Gasteiger partial charge in [-0.15, -0.1) is 0 Å². The number of amides is 1. The summed E-state index contributed by atoms with van der Waals surface area (Å²) in [4.78, 5) is 22.7. The molecule has 0 saturated carbocycles. The number of nitrogens with zero attached hydrogens (tertiary/aromatic N) is 4. The van der Waals surface area contributed by atoms with Crippen molar-refractivity contribution in [3.63, 3.8) is 0 Å². The van der Waals surface area contributed by atoms with Gasteiger partial charge in [0.15, 0.2) is 5.69 Å². The Morgan fingerprint density at radius 3 is 2.75 bits per heavy atom. The minimum atomic E-state index is -0.535. The summed E-state index contributed by atoms with van der Waals surface area (Å²) in [6.45, 7) is 0. The fourth-order valence-electron chi connectivity index (χ4n) is 1.05. The van der Waals surface area contributed by atoms with Crippen molar-refractivity contribution in [1.82, 2.24) is 14.7 Å². The Morgan fingerprint density at radius 1 is 1.62 bits per heavy atom. The van der Waals surface area contributed by atoms with Gasteiger partial charge in [0, 0.05) is 27.2 Å². The highest BCUT2D eigenvalue weighted by Gasteiger charge is 2.15. The first kappa shape index (κ1) is 11.9. The molecule has 86 valence electrons. The number of aryl methyl sites for hydroxylation is 1. The van der Waals surface area contributed by atoms with Crippen LogP contribution in [-0.2, 0) is 11.8 Å². The Morgan fingerprint density at radius 2 is 2.25 bits per heavy atom. The largest absolute Gasteiger partial charge is 0.345 e. The van der Waals surface area contributed by atoms with Crippen molar-refractivity contribution >= 4 is 17.7 Å². The number of carbonyl (C=O) groups is 1. The third-order valence-corrected chi connectivity index (χ3v) is 1.86. The Balaban J connectivity index is 2.97. The summed E-state index contributed by atoms with van der Waals surface area (Å²) in [5, 5.41) is 14.5. The quantitative estimate of drug-likeness (QED) is 0.423. The van der Waals surface area contributed by atoms with E-state index in [0.29, 0.717) is 0 Å². The number of hydrogen-bond donors (Lipinski definition) is 0. The van der Waals surface area contributed by atoms with E-state index >= 15 is 0 Å². The molecule has 0 spiro atoms. The van der Waals surface area contributed by atoms with Crippen molar-refractivity contribution < 1.29 is 9.72 Å². The van der Waals surface area contributed by atoms with Gasteiger partial charge in [-0.2, -0.15) is 5.10 Å². The predicted octanol–water partition coefficient (Wildman–Crippen LogP) is 0.430. The van der Waals surface area contributed by atoms with Crippen molar-refractivity contribution in [2.45, 2.75) is 0 Å². The lowest BCUT2D eigenvalue weighted by Crippen LogP contribution is -2.18. The number of rotatable bonds is 3. The average Bonchev–Trinajstić information content (AvgIpc) is 2.56. The summed E-state index contributed by atoms with van der Waals surface area (Å²) >= 11 is 0. The molecule has 0 aliphatic carbocycles. The zero-order valence-electron chi connectivity index (χ0n) is 9.25. The van der Waals surface area contributed by atoms with Gasteiger partial charge in [-0.1, -0.05) is 0 Å².